The van der Waals surface area contributed by atoms with Crippen LogP contribution < -0.4 is 15.5 Å². The van der Waals surface area contributed by atoms with Crippen molar-refractivity contribution in [1.29, 1.82) is 0 Å². The fourth-order valence-corrected chi connectivity index (χ4v) is 1.98. The maximum Gasteiger partial charge on any atom is 0.390 e. The van der Waals surface area contributed by atoms with Gasteiger partial charge in [0.25, 0.3) is 0 Å². The van der Waals surface area contributed by atoms with Gasteiger partial charge in [-0.2, -0.15) is 13.2 Å². The molecule has 0 saturated carbocycles. The van der Waals surface area contributed by atoms with Gasteiger partial charge in [-0.05, 0) is 25.5 Å². The second-order valence-electron chi connectivity index (χ2n) is 4.91. The van der Waals surface area contributed by atoms with E-state index in [4.69, 9.17) is 0 Å². The van der Waals surface area contributed by atoms with Gasteiger partial charge >= 0.3 is 6.18 Å². The van der Waals surface area contributed by atoms with Crippen LogP contribution >= 0.6 is 0 Å². The van der Waals surface area contributed by atoms with E-state index in [-0.39, 0.29) is 6.54 Å². The summed E-state index contributed by atoms with van der Waals surface area (Å²) >= 11 is 0. The number of hydrogen-bond acceptors (Lipinski definition) is 3. The molecule has 0 aromatic carbocycles. The molecular formula is C15H24F3N5. The zero-order valence-corrected chi connectivity index (χ0v) is 13.7. The van der Waals surface area contributed by atoms with Crippen LogP contribution in [0, 0.1) is 0 Å². The highest BCUT2D eigenvalue weighted by Gasteiger charge is 2.26. The first-order chi connectivity index (χ1) is 10.9. The van der Waals surface area contributed by atoms with Gasteiger partial charge in [0, 0.05) is 39.4 Å². The normalized spacial score (nSPS) is 12.2. The van der Waals surface area contributed by atoms with E-state index in [1.807, 2.05) is 12.1 Å². The van der Waals surface area contributed by atoms with Gasteiger partial charge in [0.15, 0.2) is 5.96 Å². The Kier molecular flexibility index (Phi) is 7.64. The first kappa shape index (κ1) is 19.1. The number of nitrogens with one attached hydrogen (secondary N) is 2. The van der Waals surface area contributed by atoms with Gasteiger partial charge < -0.3 is 15.5 Å². The summed E-state index contributed by atoms with van der Waals surface area (Å²) < 4.78 is 36.3. The summed E-state index contributed by atoms with van der Waals surface area (Å²) in [6.45, 7) is 6.14. The van der Waals surface area contributed by atoms with Crippen molar-refractivity contribution in [2.75, 3.05) is 31.6 Å². The molecule has 1 rings (SSSR count). The van der Waals surface area contributed by atoms with E-state index in [0.29, 0.717) is 12.5 Å². The van der Waals surface area contributed by atoms with Gasteiger partial charge in [-0.25, -0.2) is 4.98 Å². The molecule has 1 heterocycles. The summed E-state index contributed by atoms with van der Waals surface area (Å²) in [5.41, 5.74) is 0.930. The summed E-state index contributed by atoms with van der Waals surface area (Å²) in [5.74, 6) is 1.24. The molecule has 0 fully saturated rings. The number of alkyl halides is 3. The molecule has 23 heavy (non-hydrogen) atoms. The van der Waals surface area contributed by atoms with Crippen LogP contribution in [0.15, 0.2) is 23.3 Å². The molecule has 0 aliphatic heterocycles. The maximum atomic E-state index is 12.1. The molecule has 0 aliphatic rings. The number of hydrogen-bond donors (Lipinski definition) is 2. The third-order valence-corrected chi connectivity index (χ3v) is 3.28. The minimum atomic E-state index is -4.17. The minimum Gasteiger partial charge on any atom is -0.357 e. The molecule has 5 nitrogen and oxygen atoms in total. The molecule has 2 N–H and O–H groups in total. The smallest absolute Gasteiger partial charge is 0.357 e. The Morgan fingerprint density at radius 3 is 2.39 bits per heavy atom. The van der Waals surface area contributed by atoms with Gasteiger partial charge in [0.2, 0.25) is 0 Å². The third-order valence-electron chi connectivity index (χ3n) is 3.28. The third kappa shape index (κ3) is 7.21. The Bertz CT molecular complexity index is 481. The maximum absolute atomic E-state index is 12.1. The number of anilines is 1. The van der Waals surface area contributed by atoms with Crippen LogP contribution in [0.25, 0.3) is 0 Å². The zero-order chi connectivity index (χ0) is 17.3. The topological polar surface area (TPSA) is 52.5 Å². The highest BCUT2D eigenvalue weighted by Crippen LogP contribution is 2.18. The van der Waals surface area contributed by atoms with Crippen LogP contribution in [0.4, 0.5) is 19.0 Å². The van der Waals surface area contributed by atoms with Crippen molar-refractivity contribution < 1.29 is 13.2 Å². The monoisotopic (exact) mass is 331 g/mol. The lowest BCUT2D eigenvalue weighted by atomic mass is 10.2. The van der Waals surface area contributed by atoms with Crippen molar-refractivity contribution in [3.63, 3.8) is 0 Å². The lowest BCUT2D eigenvalue weighted by Crippen LogP contribution is -2.38. The predicted octanol–water partition coefficient (Wildman–Crippen LogP) is 2.55. The van der Waals surface area contributed by atoms with Crippen LogP contribution in [0.3, 0.4) is 0 Å². The van der Waals surface area contributed by atoms with Crippen LogP contribution in [0.2, 0.25) is 0 Å². The molecule has 1 aromatic heterocycles. The quantitative estimate of drug-likeness (QED) is 0.595. The van der Waals surface area contributed by atoms with Crippen molar-refractivity contribution in [2.24, 2.45) is 4.99 Å². The van der Waals surface area contributed by atoms with Gasteiger partial charge in [0.1, 0.15) is 5.82 Å². The lowest BCUT2D eigenvalue weighted by molar-refractivity contribution is -0.132. The fraction of sp³-hybridized carbons (Fsp3) is 0.600. The standard InChI is InChI=1S/C15H24F3N5/c1-4-23(5-2)13-7-6-12(10-21-13)11-22-14(19-3)20-9-8-15(16,17)18/h6-7,10H,4-5,8-9,11H2,1-3H3,(H2,19,20,22). The highest BCUT2D eigenvalue weighted by molar-refractivity contribution is 5.79. The van der Waals surface area contributed by atoms with Gasteiger partial charge in [-0.3, -0.25) is 4.99 Å². The van der Waals surface area contributed by atoms with Crippen molar-refractivity contribution in [2.45, 2.75) is 33.0 Å². The largest absolute Gasteiger partial charge is 0.390 e. The molecule has 130 valence electrons. The molecule has 0 aliphatic carbocycles. The van der Waals surface area contributed by atoms with E-state index in [0.717, 1.165) is 24.5 Å². The molecule has 0 amide bonds. The van der Waals surface area contributed by atoms with Crippen molar-refractivity contribution in [3.8, 4) is 0 Å². The molecule has 0 radical (unpaired) electrons. The number of rotatable bonds is 7. The summed E-state index contributed by atoms with van der Waals surface area (Å²) in [6, 6.07) is 3.88. The Morgan fingerprint density at radius 2 is 1.91 bits per heavy atom. The van der Waals surface area contributed by atoms with Gasteiger partial charge in [0.05, 0.1) is 6.42 Å². The summed E-state index contributed by atoms with van der Waals surface area (Å²) in [6.07, 6.45) is -3.31. The van der Waals surface area contributed by atoms with E-state index in [1.165, 1.54) is 7.05 Å². The molecule has 1 aromatic rings. The van der Waals surface area contributed by atoms with Crippen LogP contribution in [0.1, 0.15) is 25.8 Å². The number of pyridine rings is 1. The molecule has 8 heteroatoms. The average Bonchev–Trinajstić information content (AvgIpc) is 2.52. The second kappa shape index (κ2) is 9.22. The SMILES string of the molecule is CCN(CC)c1ccc(CNC(=NC)NCCC(F)(F)F)cn1. The Labute approximate surface area is 135 Å². The first-order valence-electron chi connectivity index (χ1n) is 7.60. The van der Waals surface area contributed by atoms with Gasteiger partial charge in [-0.15, -0.1) is 0 Å². The molecular weight excluding hydrogens is 307 g/mol. The lowest BCUT2D eigenvalue weighted by Gasteiger charge is -2.19. The van der Waals surface area contributed by atoms with Crippen molar-refractivity contribution in [3.05, 3.63) is 23.9 Å². The Morgan fingerprint density at radius 1 is 1.22 bits per heavy atom. The second-order valence-corrected chi connectivity index (χ2v) is 4.91. The Balaban J connectivity index is 2.46. The number of aliphatic imine (C=N–C) groups is 1. The number of guanidine groups is 1. The van der Waals surface area contributed by atoms with Crippen LogP contribution in [0.5, 0.6) is 0 Å². The summed E-state index contributed by atoms with van der Waals surface area (Å²) in [4.78, 5) is 10.4. The zero-order valence-electron chi connectivity index (χ0n) is 13.7. The van der Waals surface area contributed by atoms with Gasteiger partial charge in [-0.1, -0.05) is 6.07 Å². The number of nitrogens with zero attached hydrogens (tertiary/aromatic N) is 3. The fourth-order valence-electron chi connectivity index (χ4n) is 1.98. The predicted molar refractivity (Wildman–Crippen MR) is 86.7 cm³/mol. The molecule has 0 unspecified atom stereocenters. The Hall–Kier alpha value is -1.99. The minimum absolute atomic E-state index is 0.206. The highest BCUT2D eigenvalue weighted by atomic mass is 19.4. The average molecular weight is 331 g/mol. The molecule has 0 bridgehead atoms. The molecule has 0 spiro atoms. The van der Waals surface area contributed by atoms with Crippen molar-refractivity contribution >= 4 is 11.8 Å². The van der Waals surface area contributed by atoms with Crippen LogP contribution in [-0.4, -0.2) is 43.8 Å². The van der Waals surface area contributed by atoms with E-state index in [9.17, 15) is 13.2 Å². The van der Waals surface area contributed by atoms with E-state index >= 15 is 0 Å². The summed E-state index contributed by atoms with van der Waals surface area (Å²) in [5, 5.41) is 5.60. The number of halogens is 3. The van der Waals surface area contributed by atoms with E-state index in [1.54, 1.807) is 6.20 Å². The molecule has 0 saturated heterocycles. The van der Waals surface area contributed by atoms with Crippen molar-refractivity contribution in [1.82, 2.24) is 15.6 Å². The van der Waals surface area contributed by atoms with E-state index in [2.05, 4.69) is 39.4 Å². The molecule has 0 atom stereocenters. The van der Waals surface area contributed by atoms with Crippen LogP contribution in [-0.2, 0) is 6.54 Å². The van der Waals surface area contributed by atoms with E-state index < -0.39 is 12.6 Å². The first-order valence-corrected chi connectivity index (χ1v) is 7.60. The number of aromatic nitrogens is 1. The summed E-state index contributed by atoms with van der Waals surface area (Å²) in [7, 11) is 1.52.